The molecule has 0 radical (unpaired) electrons. The lowest BCUT2D eigenvalue weighted by atomic mass is 10.1. The van der Waals surface area contributed by atoms with E-state index in [0.717, 1.165) is 53.5 Å². The zero-order valence-electron chi connectivity index (χ0n) is 17.3. The summed E-state index contributed by atoms with van der Waals surface area (Å²) in [4.78, 5) is 19.0. The van der Waals surface area contributed by atoms with E-state index in [1.54, 1.807) is 6.20 Å². The first-order valence-corrected chi connectivity index (χ1v) is 11.1. The normalized spacial score (nSPS) is 11.0. The summed E-state index contributed by atoms with van der Waals surface area (Å²) in [6, 6.07) is 9.93. The Hall–Kier alpha value is -2.54. The molecule has 0 saturated carbocycles. The van der Waals surface area contributed by atoms with Crippen LogP contribution >= 0.6 is 11.8 Å². The van der Waals surface area contributed by atoms with E-state index in [1.165, 1.54) is 11.8 Å². The summed E-state index contributed by atoms with van der Waals surface area (Å²) < 4.78 is 7.33. The van der Waals surface area contributed by atoms with Gasteiger partial charge in [0.25, 0.3) is 0 Å². The van der Waals surface area contributed by atoms with Gasteiger partial charge in [0.1, 0.15) is 10.8 Å². The summed E-state index contributed by atoms with van der Waals surface area (Å²) in [5.74, 6) is 1.39. The van der Waals surface area contributed by atoms with Gasteiger partial charge in [0.15, 0.2) is 0 Å². The van der Waals surface area contributed by atoms with Crippen molar-refractivity contribution < 1.29 is 9.53 Å². The molecule has 0 aliphatic rings. The number of thioether (sulfide) groups is 1. The van der Waals surface area contributed by atoms with Crippen LogP contribution < -0.4 is 4.74 Å². The van der Waals surface area contributed by atoms with E-state index in [-0.39, 0.29) is 5.91 Å². The predicted octanol–water partition coefficient (Wildman–Crippen LogP) is 4.54. The van der Waals surface area contributed by atoms with E-state index in [2.05, 4.69) is 23.9 Å². The fraction of sp³-hybridized carbons (Fsp3) is 0.409. The molecule has 3 aromatic rings. The summed E-state index contributed by atoms with van der Waals surface area (Å²) in [5.41, 5.74) is 2.79. The number of carbonyl (C=O) groups excluding carboxylic acids is 1. The van der Waals surface area contributed by atoms with E-state index < -0.39 is 0 Å². The van der Waals surface area contributed by atoms with Crippen LogP contribution in [0.5, 0.6) is 5.75 Å². The zero-order valence-corrected chi connectivity index (χ0v) is 18.1. The Labute approximate surface area is 176 Å². The molecule has 154 valence electrons. The number of ether oxygens (including phenoxy) is 1. The summed E-state index contributed by atoms with van der Waals surface area (Å²) in [6.07, 6.45) is 5.50. The van der Waals surface area contributed by atoms with Crippen LogP contribution in [0.1, 0.15) is 33.6 Å². The van der Waals surface area contributed by atoms with Gasteiger partial charge in [-0.2, -0.15) is 5.10 Å². The number of hydrogen-bond donors (Lipinski definition) is 0. The highest BCUT2D eigenvalue weighted by atomic mass is 32.2. The maximum absolute atomic E-state index is 12.6. The number of aromatic nitrogens is 3. The van der Waals surface area contributed by atoms with Crippen LogP contribution in [0.15, 0.2) is 47.8 Å². The summed E-state index contributed by atoms with van der Waals surface area (Å²) in [6.45, 7) is 8.42. The maximum Gasteiger partial charge on any atom is 0.232 e. The molecule has 0 bridgehead atoms. The number of hydrogen-bond acceptors (Lipinski definition) is 5. The lowest BCUT2D eigenvalue weighted by Crippen LogP contribution is -2.33. The SMILES string of the molecule is CCCN(CCC)C(=O)CSc1nccn2nc(-c3ccc(OCC)cc3)cc12. The Morgan fingerprint density at radius 1 is 1.14 bits per heavy atom. The van der Waals surface area contributed by atoms with Crippen LogP contribution in [0.2, 0.25) is 0 Å². The second-order valence-electron chi connectivity index (χ2n) is 6.72. The van der Waals surface area contributed by atoms with Gasteiger partial charge in [-0.15, -0.1) is 0 Å². The quantitative estimate of drug-likeness (QED) is 0.458. The molecule has 1 amide bonds. The van der Waals surface area contributed by atoms with E-state index in [0.29, 0.717) is 12.4 Å². The molecule has 0 spiro atoms. The molecule has 2 aromatic heterocycles. The van der Waals surface area contributed by atoms with Crippen LogP contribution in [0, 0.1) is 0 Å². The van der Waals surface area contributed by atoms with E-state index in [1.807, 2.05) is 52.9 Å². The lowest BCUT2D eigenvalue weighted by molar-refractivity contribution is -0.128. The van der Waals surface area contributed by atoms with Crippen molar-refractivity contribution in [2.75, 3.05) is 25.4 Å². The summed E-state index contributed by atoms with van der Waals surface area (Å²) >= 11 is 1.47. The minimum Gasteiger partial charge on any atom is -0.494 e. The molecule has 0 aliphatic carbocycles. The van der Waals surface area contributed by atoms with Gasteiger partial charge in [-0.05, 0) is 50.1 Å². The standard InChI is InChI=1S/C22H28N4O2S/c1-4-12-25(13-5-2)21(27)16-29-22-20-15-19(24-26(20)14-11-23-22)17-7-9-18(10-8-17)28-6-3/h7-11,14-15H,4-6,12-13,16H2,1-3H3. The number of amides is 1. The molecule has 6 nitrogen and oxygen atoms in total. The Kier molecular flexibility index (Phi) is 7.52. The lowest BCUT2D eigenvalue weighted by Gasteiger charge is -2.21. The van der Waals surface area contributed by atoms with Crippen molar-refractivity contribution in [1.29, 1.82) is 0 Å². The number of nitrogens with zero attached hydrogens (tertiary/aromatic N) is 4. The molecular formula is C22H28N4O2S. The zero-order chi connectivity index (χ0) is 20.6. The first-order valence-electron chi connectivity index (χ1n) is 10.1. The highest BCUT2D eigenvalue weighted by Gasteiger charge is 2.15. The minimum atomic E-state index is 0.161. The van der Waals surface area contributed by atoms with Gasteiger partial charge in [-0.1, -0.05) is 25.6 Å². The molecule has 1 aromatic carbocycles. The monoisotopic (exact) mass is 412 g/mol. The Morgan fingerprint density at radius 2 is 1.86 bits per heavy atom. The number of carbonyl (C=O) groups is 1. The third kappa shape index (κ3) is 5.29. The summed E-state index contributed by atoms with van der Waals surface area (Å²) in [5, 5.41) is 5.49. The van der Waals surface area contributed by atoms with Crippen molar-refractivity contribution in [3.63, 3.8) is 0 Å². The van der Waals surface area contributed by atoms with Crippen molar-refractivity contribution in [3.05, 3.63) is 42.7 Å². The van der Waals surface area contributed by atoms with Crippen molar-refractivity contribution >= 4 is 23.2 Å². The molecule has 0 atom stereocenters. The van der Waals surface area contributed by atoms with Crippen LogP contribution in [0.3, 0.4) is 0 Å². The molecule has 2 heterocycles. The highest BCUT2D eigenvalue weighted by molar-refractivity contribution is 8.00. The molecular weight excluding hydrogens is 384 g/mol. The average molecular weight is 413 g/mol. The summed E-state index contributed by atoms with van der Waals surface area (Å²) in [7, 11) is 0. The molecule has 0 unspecified atom stereocenters. The van der Waals surface area contributed by atoms with E-state index in [9.17, 15) is 4.79 Å². The third-order valence-electron chi connectivity index (χ3n) is 4.49. The molecule has 0 fully saturated rings. The van der Waals surface area contributed by atoms with Gasteiger partial charge >= 0.3 is 0 Å². The van der Waals surface area contributed by atoms with Gasteiger partial charge in [0.2, 0.25) is 5.91 Å². The molecule has 0 N–H and O–H groups in total. The van der Waals surface area contributed by atoms with Gasteiger partial charge in [-0.3, -0.25) is 4.79 Å². The van der Waals surface area contributed by atoms with Gasteiger partial charge in [0, 0.05) is 31.0 Å². The van der Waals surface area contributed by atoms with Crippen LogP contribution in [-0.4, -0.2) is 50.9 Å². The number of rotatable bonds is 10. The molecule has 29 heavy (non-hydrogen) atoms. The third-order valence-corrected chi connectivity index (χ3v) is 5.47. The second-order valence-corrected chi connectivity index (χ2v) is 7.68. The Bertz CT molecular complexity index is 934. The van der Waals surface area contributed by atoms with Crippen molar-refractivity contribution in [2.45, 2.75) is 38.6 Å². The highest BCUT2D eigenvalue weighted by Crippen LogP contribution is 2.27. The van der Waals surface area contributed by atoms with E-state index >= 15 is 0 Å². The fourth-order valence-corrected chi connectivity index (χ4v) is 4.04. The number of benzene rings is 1. The first kappa shape index (κ1) is 21.2. The largest absolute Gasteiger partial charge is 0.494 e. The van der Waals surface area contributed by atoms with E-state index in [4.69, 9.17) is 4.74 Å². The molecule has 3 rings (SSSR count). The maximum atomic E-state index is 12.6. The Balaban J connectivity index is 1.77. The molecule has 7 heteroatoms. The smallest absolute Gasteiger partial charge is 0.232 e. The van der Waals surface area contributed by atoms with Gasteiger partial charge in [0.05, 0.1) is 23.6 Å². The molecule has 0 saturated heterocycles. The predicted molar refractivity (Wildman–Crippen MR) is 117 cm³/mol. The first-order chi connectivity index (χ1) is 14.2. The second kappa shape index (κ2) is 10.3. The molecule has 0 aliphatic heterocycles. The van der Waals surface area contributed by atoms with Crippen molar-refractivity contribution in [1.82, 2.24) is 19.5 Å². The van der Waals surface area contributed by atoms with Gasteiger partial charge < -0.3 is 9.64 Å². The minimum absolute atomic E-state index is 0.161. The van der Waals surface area contributed by atoms with Crippen LogP contribution in [-0.2, 0) is 4.79 Å². The van der Waals surface area contributed by atoms with Crippen molar-refractivity contribution in [3.8, 4) is 17.0 Å². The fourth-order valence-electron chi connectivity index (χ4n) is 3.16. The Morgan fingerprint density at radius 3 is 2.52 bits per heavy atom. The van der Waals surface area contributed by atoms with Gasteiger partial charge in [-0.25, -0.2) is 9.50 Å². The van der Waals surface area contributed by atoms with Crippen molar-refractivity contribution in [2.24, 2.45) is 0 Å². The van der Waals surface area contributed by atoms with Crippen LogP contribution in [0.25, 0.3) is 16.8 Å². The number of fused-ring (bicyclic) bond motifs is 1. The van der Waals surface area contributed by atoms with Crippen LogP contribution in [0.4, 0.5) is 0 Å². The topological polar surface area (TPSA) is 59.7 Å². The average Bonchev–Trinajstić information content (AvgIpc) is 3.17.